The maximum absolute atomic E-state index is 10.8. The van der Waals surface area contributed by atoms with Gasteiger partial charge in [0.1, 0.15) is 17.3 Å². The number of aliphatic hydroxyl groups excluding tert-OH is 2. The average molecular weight is 357 g/mol. The molecule has 2 aromatic heterocycles. The second-order valence-corrected chi connectivity index (χ2v) is 6.05. The Bertz CT molecular complexity index is 955. The summed E-state index contributed by atoms with van der Waals surface area (Å²) in [7, 11) is 0. The first-order chi connectivity index (χ1) is 12.5. The molecule has 1 aromatic carbocycles. The summed E-state index contributed by atoms with van der Waals surface area (Å²) in [6.45, 7) is -0.238. The van der Waals surface area contributed by atoms with Crippen molar-refractivity contribution in [1.29, 1.82) is 0 Å². The number of hydrogen-bond acceptors (Lipinski definition) is 8. The summed E-state index contributed by atoms with van der Waals surface area (Å²) in [5.41, 5.74) is 2.00. The van der Waals surface area contributed by atoms with Crippen molar-refractivity contribution in [3.63, 3.8) is 0 Å². The molecule has 0 amide bonds. The Balaban J connectivity index is 1.59. The number of nitro groups is 1. The van der Waals surface area contributed by atoms with Gasteiger partial charge in [0.2, 0.25) is 5.89 Å². The summed E-state index contributed by atoms with van der Waals surface area (Å²) in [5.74, 6) is 0.257. The fourth-order valence-corrected chi connectivity index (χ4v) is 2.97. The van der Waals surface area contributed by atoms with E-state index < -0.39 is 17.1 Å². The van der Waals surface area contributed by atoms with E-state index in [1.165, 1.54) is 18.2 Å². The Kier molecular flexibility index (Phi) is 4.11. The highest BCUT2D eigenvalue weighted by molar-refractivity contribution is 5.78. The number of nitro benzene ring substituents is 1. The van der Waals surface area contributed by atoms with Crippen molar-refractivity contribution in [2.75, 3.05) is 6.61 Å². The molecule has 26 heavy (non-hydrogen) atoms. The predicted octanol–water partition coefficient (Wildman–Crippen LogP) is 1.98. The highest BCUT2D eigenvalue weighted by Crippen LogP contribution is 2.33. The van der Waals surface area contributed by atoms with Crippen LogP contribution in [0.1, 0.15) is 18.1 Å². The number of oxazole rings is 1. The molecule has 3 heterocycles. The molecule has 0 radical (unpaired) electrons. The van der Waals surface area contributed by atoms with Crippen LogP contribution in [0.4, 0.5) is 5.69 Å². The van der Waals surface area contributed by atoms with Gasteiger partial charge in [-0.25, -0.2) is 4.98 Å². The van der Waals surface area contributed by atoms with Crippen molar-refractivity contribution in [2.45, 2.75) is 24.7 Å². The molecule has 1 aliphatic heterocycles. The number of nitrogens with zero attached hydrogens (tertiary/aromatic N) is 3. The van der Waals surface area contributed by atoms with Crippen molar-refractivity contribution >= 4 is 16.8 Å². The maximum Gasteiger partial charge on any atom is 0.273 e. The molecule has 1 aliphatic rings. The van der Waals surface area contributed by atoms with E-state index >= 15 is 0 Å². The molecule has 134 valence electrons. The van der Waals surface area contributed by atoms with E-state index in [2.05, 4.69) is 9.97 Å². The van der Waals surface area contributed by atoms with Gasteiger partial charge in [0.15, 0.2) is 5.58 Å². The first kappa shape index (κ1) is 16.6. The lowest BCUT2D eigenvalue weighted by atomic mass is 10.1. The van der Waals surface area contributed by atoms with E-state index in [9.17, 15) is 15.2 Å². The number of aliphatic hydroxyl groups is 2. The zero-order valence-corrected chi connectivity index (χ0v) is 13.5. The van der Waals surface area contributed by atoms with Gasteiger partial charge in [-0.15, -0.1) is 0 Å². The normalized spacial score (nSPS) is 22.8. The van der Waals surface area contributed by atoms with E-state index in [0.717, 1.165) is 5.56 Å². The van der Waals surface area contributed by atoms with Gasteiger partial charge in [0.05, 0.1) is 29.8 Å². The van der Waals surface area contributed by atoms with Crippen LogP contribution in [0.5, 0.6) is 0 Å². The lowest BCUT2D eigenvalue weighted by Gasteiger charge is -2.12. The SMILES string of the molecule is O=[N+]([O-])c1ccc2nc(-c3ccc(C4CC(O)C(CO)O4)cn3)oc2c1. The number of aromatic nitrogens is 2. The topological polar surface area (TPSA) is 132 Å². The number of fused-ring (bicyclic) bond motifs is 1. The number of non-ortho nitro benzene ring substituents is 1. The minimum atomic E-state index is -0.711. The smallest absolute Gasteiger partial charge is 0.273 e. The van der Waals surface area contributed by atoms with Crippen LogP contribution in [0.25, 0.3) is 22.7 Å². The number of benzene rings is 1. The van der Waals surface area contributed by atoms with Crippen LogP contribution in [-0.2, 0) is 4.74 Å². The largest absolute Gasteiger partial charge is 0.434 e. The molecule has 0 saturated carbocycles. The standard InChI is InChI=1S/C17H15N3O6/c21-8-16-13(22)6-14(25-16)9-1-3-12(18-7-9)17-19-11-4-2-10(20(23)24)5-15(11)26-17/h1-5,7,13-14,16,21-22H,6,8H2. The Morgan fingerprint density at radius 1 is 1.31 bits per heavy atom. The summed E-state index contributed by atoms with van der Waals surface area (Å²) in [5, 5.41) is 29.8. The summed E-state index contributed by atoms with van der Waals surface area (Å²) in [4.78, 5) is 18.9. The molecule has 3 aromatic rings. The van der Waals surface area contributed by atoms with Crippen molar-refractivity contribution in [1.82, 2.24) is 9.97 Å². The van der Waals surface area contributed by atoms with Crippen LogP contribution >= 0.6 is 0 Å². The van der Waals surface area contributed by atoms with E-state index in [1.807, 2.05) is 0 Å². The first-order valence-corrected chi connectivity index (χ1v) is 8.01. The average Bonchev–Trinajstić information content (AvgIpc) is 3.24. The quantitative estimate of drug-likeness (QED) is 0.535. The van der Waals surface area contributed by atoms with Gasteiger partial charge in [-0.1, -0.05) is 6.07 Å². The first-order valence-electron chi connectivity index (χ1n) is 8.01. The third-order valence-electron chi connectivity index (χ3n) is 4.36. The lowest BCUT2D eigenvalue weighted by Crippen LogP contribution is -2.24. The number of pyridine rings is 1. The van der Waals surface area contributed by atoms with E-state index in [4.69, 9.17) is 14.3 Å². The van der Waals surface area contributed by atoms with E-state index in [0.29, 0.717) is 23.2 Å². The van der Waals surface area contributed by atoms with E-state index in [-0.39, 0.29) is 24.3 Å². The van der Waals surface area contributed by atoms with Gasteiger partial charge >= 0.3 is 0 Å². The molecule has 3 atom stereocenters. The van der Waals surface area contributed by atoms with Gasteiger partial charge in [-0.2, -0.15) is 0 Å². The molecule has 9 nitrogen and oxygen atoms in total. The maximum atomic E-state index is 10.8. The molecule has 0 spiro atoms. The summed E-state index contributed by atoms with van der Waals surface area (Å²) >= 11 is 0. The Labute approximate surface area is 147 Å². The van der Waals surface area contributed by atoms with Crippen LogP contribution in [0.3, 0.4) is 0 Å². The highest BCUT2D eigenvalue weighted by atomic mass is 16.6. The third kappa shape index (κ3) is 2.92. The van der Waals surface area contributed by atoms with Crippen LogP contribution in [0.15, 0.2) is 40.9 Å². The van der Waals surface area contributed by atoms with E-state index in [1.54, 1.807) is 18.3 Å². The van der Waals surface area contributed by atoms with Crippen molar-refractivity contribution in [2.24, 2.45) is 0 Å². The summed E-state index contributed by atoms with van der Waals surface area (Å²) in [6.07, 6.45) is 0.350. The zero-order chi connectivity index (χ0) is 18.3. The molecule has 3 unspecified atom stereocenters. The summed E-state index contributed by atoms with van der Waals surface area (Å²) < 4.78 is 11.2. The fourth-order valence-electron chi connectivity index (χ4n) is 2.97. The zero-order valence-electron chi connectivity index (χ0n) is 13.5. The van der Waals surface area contributed by atoms with Gasteiger partial charge in [0.25, 0.3) is 5.69 Å². The predicted molar refractivity (Wildman–Crippen MR) is 89.2 cm³/mol. The second kappa shape index (κ2) is 6.45. The number of rotatable bonds is 4. The lowest BCUT2D eigenvalue weighted by molar-refractivity contribution is -0.384. The fraction of sp³-hybridized carbons (Fsp3) is 0.294. The van der Waals surface area contributed by atoms with Gasteiger partial charge in [0, 0.05) is 18.7 Å². The number of ether oxygens (including phenoxy) is 1. The van der Waals surface area contributed by atoms with Crippen LogP contribution in [0.2, 0.25) is 0 Å². The molecule has 2 N–H and O–H groups in total. The van der Waals surface area contributed by atoms with Gasteiger partial charge in [-0.3, -0.25) is 15.1 Å². The minimum absolute atomic E-state index is 0.0705. The molecule has 4 rings (SSSR count). The van der Waals surface area contributed by atoms with Crippen molar-refractivity contribution < 1.29 is 24.3 Å². The summed E-state index contributed by atoms with van der Waals surface area (Å²) in [6, 6.07) is 7.71. The van der Waals surface area contributed by atoms with Crippen molar-refractivity contribution in [3.8, 4) is 11.6 Å². The second-order valence-electron chi connectivity index (χ2n) is 6.05. The van der Waals surface area contributed by atoms with Gasteiger partial charge < -0.3 is 19.4 Å². The van der Waals surface area contributed by atoms with Gasteiger partial charge in [-0.05, 0) is 17.7 Å². The van der Waals surface area contributed by atoms with Crippen molar-refractivity contribution in [3.05, 3.63) is 52.2 Å². The monoisotopic (exact) mass is 357 g/mol. The highest BCUT2D eigenvalue weighted by Gasteiger charge is 2.34. The minimum Gasteiger partial charge on any atom is -0.434 e. The molecule has 0 bridgehead atoms. The molecular weight excluding hydrogens is 342 g/mol. The molecular formula is C17H15N3O6. The van der Waals surface area contributed by atoms with Crippen LogP contribution < -0.4 is 0 Å². The van der Waals surface area contributed by atoms with Crippen LogP contribution in [-0.4, -0.2) is 43.9 Å². The Morgan fingerprint density at radius 3 is 2.81 bits per heavy atom. The molecule has 1 fully saturated rings. The number of hydrogen-bond donors (Lipinski definition) is 2. The van der Waals surface area contributed by atoms with Crippen LogP contribution in [0, 0.1) is 10.1 Å². The Hall–Kier alpha value is -2.88. The molecule has 1 saturated heterocycles. The molecule has 9 heteroatoms. The third-order valence-corrected chi connectivity index (χ3v) is 4.36. The Morgan fingerprint density at radius 2 is 2.15 bits per heavy atom. The molecule has 0 aliphatic carbocycles.